The molecule has 0 saturated carbocycles. The van der Waals surface area contributed by atoms with E-state index < -0.39 is 0 Å². The molecule has 3 nitrogen and oxygen atoms in total. The van der Waals surface area contributed by atoms with Crippen molar-refractivity contribution in [3.05, 3.63) is 0 Å². The monoisotopic (exact) mass is 172 g/mol. The SMILES string of the molecule is CNC(C#N)CSC1COC1. The van der Waals surface area contributed by atoms with Crippen LogP contribution in [0.25, 0.3) is 0 Å². The summed E-state index contributed by atoms with van der Waals surface area (Å²) in [5.74, 6) is 0.862. The molecule has 0 spiro atoms. The summed E-state index contributed by atoms with van der Waals surface area (Å²) in [5.41, 5.74) is 0. The molecule has 0 aromatic carbocycles. The molecule has 1 aliphatic heterocycles. The van der Waals surface area contributed by atoms with Crippen molar-refractivity contribution in [1.82, 2.24) is 5.32 Å². The summed E-state index contributed by atoms with van der Waals surface area (Å²) in [6, 6.07) is 2.17. The van der Waals surface area contributed by atoms with Crippen molar-refractivity contribution in [3.8, 4) is 6.07 Å². The van der Waals surface area contributed by atoms with E-state index in [0.717, 1.165) is 19.0 Å². The number of ether oxygens (including phenoxy) is 1. The molecule has 0 amide bonds. The van der Waals surface area contributed by atoms with Crippen LogP contribution in [0.2, 0.25) is 0 Å². The van der Waals surface area contributed by atoms with Crippen LogP contribution < -0.4 is 5.32 Å². The minimum absolute atomic E-state index is 0.0133. The molecule has 4 heteroatoms. The molecule has 0 aliphatic carbocycles. The summed E-state index contributed by atoms with van der Waals surface area (Å²) in [6.07, 6.45) is 0. The van der Waals surface area contributed by atoms with Gasteiger partial charge in [-0.15, -0.1) is 0 Å². The zero-order valence-electron chi connectivity index (χ0n) is 6.54. The molecule has 1 N–H and O–H groups in total. The van der Waals surface area contributed by atoms with Crippen LogP contribution in [-0.4, -0.2) is 37.3 Å². The molecule has 1 fully saturated rings. The van der Waals surface area contributed by atoms with E-state index in [2.05, 4.69) is 11.4 Å². The first-order valence-electron chi connectivity index (χ1n) is 3.63. The van der Waals surface area contributed by atoms with Crippen LogP contribution in [0.15, 0.2) is 0 Å². The van der Waals surface area contributed by atoms with E-state index in [0.29, 0.717) is 5.25 Å². The summed E-state index contributed by atoms with van der Waals surface area (Å²) < 4.78 is 5.01. The second-order valence-corrected chi connectivity index (χ2v) is 3.80. The van der Waals surface area contributed by atoms with E-state index in [4.69, 9.17) is 10.00 Å². The molecule has 1 aliphatic rings. The third kappa shape index (κ3) is 2.70. The second-order valence-electron chi connectivity index (χ2n) is 2.46. The summed E-state index contributed by atoms with van der Waals surface area (Å²) in [6.45, 7) is 1.71. The van der Waals surface area contributed by atoms with Crippen molar-refractivity contribution in [2.24, 2.45) is 0 Å². The first-order valence-corrected chi connectivity index (χ1v) is 4.68. The summed E-state index contributed by atoms with van der Waals surface area (Å²) in [4.78, 5) is 0. The zero-order chi connectivity index (χ0) is 8.10. The lowest BCUT2D eigenvalue weighted by atomic mass is 10.4. The Hall–Kier alpha value is -0.240. The maximum Gasteiger partial charge on any atom is 0.104 e. The molecule has 1 saturated heterocycles. The molecule has 1 heterocycles. The van der Waals surface area contributed by atoms with Crippen molar-refractivity contribution in [2.45, 2.75) is 11.3 Å². The predicted octanol–water partition coefficient (Wildman–Crippen LogP) is 0.230. The van der Waals surface area contributed by atoms with Gasteiger partial charge in [0.2, 0.25) is 0 Å². The predicted molar refractivity (Wildman–Crippen MR) is 45.5 cm³/mol. The van der Waals surface area contributed by atoms with E-state index in [9.17, 15) is 0 Å². The molecule has 1 rings (SSSR count). The van der Waals surface area contributed by atoms with Gasteiger partial charge in [0.05, 0.1) is 24.5 Å². The fraction of sp³-hybridized carbons (Fsp3) is 0.857. The Morgan fingerprint density at radius 2 is 2.55 bits per heavy atom. The number of nitriles is 1. The highest BCUT2D eigenvalue weighted by Crippen LogP contribution is 2.19. The van der Waals surface area contributed by atoms with Gasteiger partial charge in [-0.05, 0) is 7.05 Å². The fourth-order valence-corrected chi connectivity index (χ4v) is 1.82. The minimum atomic E-state index is -0.0133. The zero-order valence-corrected chi connectivity index (χ0v) is 7.36. The topological polar surface area (TPSA) is 45.0 Å². The first kappa shape index (κ1) is 8.85. The molecular weight excluding hydrogens is 160 g/mol. The van der Waals surface area contributed by atoms with Gasteiger partial charge < -0.3 is 10.1 Å². The minimum Gasteiger partial charge on any atom is -0.379 e. The van der Waals surface area contributed by atoms with E-state index in [1.165, 1.54) is 0 Å². The van der Waals surface area contributed by atoms with Gasteiger partial charge in [-0.2, -0.15) is 17.0 Å². The fourth-order valence-electron chi connectivity index (χ4n) is 0.728. The number of hydrogen-bond donors (Lipinski definition) is 1. The maximum atomic E-state index is 8.57. The van der Waals surface area contributed by atoms with Crippen LogP contribution in [-0.2, 0) is 4.74 Å². The smallest absolute Gasteiger partial charge is 0.104 e. The van der Waals surface area contributed by atoms with Crippen LogP contribution in [0.5, 0.6) is 0 Å². The molecular formula is C7H12N2OS. The lowest BCUT2D eigenvalue weighted by molar-refractivity contribution is 0.0455. The van der Waals surface area contributed by atoms with Gasteiger partial charge >= 0.3 is 0 Å². The van der Waals surface area contributed by atoms with E-state index in [1.807, 2.05) is 18.8 Å². The Bertz CT molecular complexity index is 153. The van der Waals surface area contributed by atoms with Crippen molar-refractivity contribution in [1.29, 1.82) is 5.26 Å². The summed E-state index contributed by atoms with van der Waals surface area (Å²) >= 11 is 1.81. The molecule has 1 atom stereocenters. The normalized spacial score (nSPS) is 20.4. The van der Waals surface area contributed by atoms with Gasteiger partial charge in [-0.25, -0.2) is 0 Å². The highest BCUT2D eigenvalue weighted by atomic mass is 32.2. The lowest BCUT2D eigenvalue weighted by Gasteiger charge is -2.25. The van der Waals surface area contributed by atoms with Gasteiger partial charge in [-0.1, -0.05) is 0 Å². The van der Waals surface area contributed by atoms with Gasteiger partial charge in [0.1, 0.15) is 6.04 Å². The number of nitrogens with zero attached hydrogens (tertiary/aromatic N) is 1. The Labute approximate surface area is 71.1 Å². The molecule has 11 heavy (non-hydrogen) atoms. The molecule has 0 bridgehead atoms. The Morgan fingerprint density at radius 1 is 1.82 bits per heavy atom. The van der Waals surface area contributed by atoms with Crippen molar-refractivity contribution < 1.29 is 4.74 Å². The van der Waals surface area contributed by atoms with Crippen LogP contribution in [0.3, 0.4) is 0 Å². The average Bonchev–Trinajstić information content (AvgIpc) is 1.95. The highest BCUT2D eigenvalue weighted by molar-refractivity contribution is 8.00. The van der Waals surface area contributed by atoms with Crippen molar-refractivity contribution >= 4 is 11.8 Å². The van der Waals surface area contributed by atoms with Gasteiger partial charge in [0, 0.05) is 5.75 Å². The molecule has 0 aromatic rings. The molecule has 62 valence electrons. The summed E-state index contributed by atoms with van der Waals surface area (Å²) in [5, 5.41) is 12.1. The molecule has 0 radical (unpaired) electrons. The Kier molecular flexibility index (Phi) is 3.70. The van der Waals surface area contributed by atoms with Crippen LogP contribution in [0.1, 0.15) is 0 Å². The molecule has 0 aromatic heterocycles. The maximum absolute atomic E-state index is 8.57. The number of hydrogen-bond acceptors (Lipinski definition) is 4. The van der Waals surface area contributed by atoms with Gasteiger partial charge in [-0.3, -0.25) is 0 Å². The van der Waals surface area contributed by atoms with E-state index in [-0.39, 0.29) is 6.04 Å². The van der Waals surface area contributed by atoms with Gasteiger partial charge in [0.25, 0.3) is 0 Å². The molecule has 1 unspecified atom stereocenters. The quantitative estimate of drug-likeness (QED) is 0.659. The average molecular weight is 172 g/mol. The Morgan fingerprint density at radius 3 is 2.91 bits per heavy atom. The van der Waals surface area contributed by atoms with Crippen molar-refractivity contribution in [2.75, 3.05) is 26.0 Å². The number of thioether (sulfide) groups is 1. The number of nitrogens with one attached hydrogen (secondary N) is 1. The Balaban J connectivity index is 2.05. The van der Waals surface area contributed by atoms with E-state index >= 15 is 0 Å². The second kappa shape index (κ2) is 4.60. The van der Waals surface area contributed by atoms with Crippen LogP contribution in [0.4, 0.5) is 0 Å². The summed E-state index contributed by atoms with van der Waals surface area (Å²) in [7, 11) is 1.81. The lowest BCUT2D eigenvalue weighted by Crippen LogP contribution is -2.34. The first-order chi connectivity index (χ1) is 5.36. The van der Waals surface area contributed by atoms with E-state index in [1.54, 1.807) is 0 Å². The largest absolute Gasteiger partial charge is 0.379 e. The third-order valence-corrected chi connectivity index (χ3v) is 2.88. The van der Waals surface area contributed by atoms with Crippen LogP contribution >= 0.6 is 11.8 Å². The van der Waals surface area contributed by atoms with Gasteiger partial charge in [0.15, 0.2) is 0 Å². The third-order valence-electron chi connectivity index (χ3n) is 1.61. The number of rotatable bonds is 4. The van der Waals surface area contributed by atoms with Crippen LogP contribution in [0, 0.1) is 11.3 Å². The standard InChI is InChI=1S/C7H12N2OS/c1-9-6(2-8)5-11-7-3-10-4-7/h6-7,9H,3-5H2,1H3. The highest BCUT2D eigenvalue weighted by Gasteiger charge is 2.19. The van der Waals surface area contributed by atoms with Crippen molar-refractivity contribution in [3.63, 3.8) is 0 Å².